The lowest BCUT2D eigenvalue weighted by Gasteiger charge is -2.19. The second-order valence-corrected chi connectivity index (χ2v) is 6.31. The molecule has 0 bridgehead atoms. The first-order valence-corrected chi connectivity index (χ1v) is 9.07. The molecule has 5 nitrogen and oxygen atoms in total. The third-order valence-electron chi connectivity index (χ3n) is 3.69. The lowest BCUT2D eigenvalue weighted by Crippen LogP contribution is -2.30. The van der Waals surface area contributed by atoms with E-state index in [9.17, 15) is 9.59 Å². The molecule has 2 rings (SSSR count). The SMILES string of the molecule is CCc1nc(CC(=O)Nc2cccc(C(=O)N(CC)CC)c2)cs1. The summed E-state index contributed by atoms with van der Waals surface area (Å²) in [4.78, 5) is 30.7. The molecule has 0 radical (unpaired) electrons. The van der Waals surface area contributed by atoms with Crippen LogP contribution >= 0.6 is 11.3 Å². The summed E-state index contributed by atoms with van der Waals surface area (Å²) >= 11 is 1.57. The van der Waals surface area contributed by atoms with Gasteiger partial charge in [-0.05, 0) is 38.5 Å². The number of hydrogen-bond donors (Lipinski definition) is 1. The predicted molar refractivity (Wildman–Crippen MR) is 97.5 cm³/mol. The fraction of sp³-hybridized carbons (Fsp3) is 0.389. The van der Waals surface area contributed by atoms with Crippen molar-refractivity contribution in [1.29, 1.82) is 0 Å². The molecule has 1 aromatic heterocycles. The number of anilines is 1. The first kappa shape index (κ1) is 18.1. The summed E-state index contributed by atoms with van der Waals surface area (Å²) in [5.41, 5.74) is 1.99. The standard InChI is InChI=1S/C18H23N3O2S/c1-4-17-20-15(12-24-17)11-16(22)19-14-9-7-8-13(10-14)18(23)21(5-2)6-3/h7-10,12H,4-6,11H2,1-3H3,(H,19,22). The van der Waals surface area contributed by atoms with E-state index in [0.717, 1.165) is 17.1 Å². The minimum atomic E-state index is -0.129. The zero-order valence-corrected chi connectivity index (χ0v) is 15.2. The Kier molecular flexibility index (Phi) is 6.49. The lowest BCUT2D eigenvalue weighted by molar-refractivity contribution is -0.115. The molecule has 0 saturated carbocycles. The second kappa shape index (κ2) is 8.59. The minimum Gasteiger partial charge on any atom is -0.339 e. The van der Waals surface area contributed by atoms with Crippen molar-refractivity contribution in [2.75, 3.05) is 18.4 Å². The normalized spacial score (nSPS) is 10.5. The third-order valence-corrected chi connectivity index (χ3v) is 4.73. The van der Waals surface area contributed by atoms with Crippen LogP contribution in [0.1, 0.15) is 41.8 Å². The number of aryl methyl sites for hydroxylation is 1. The van der Waals surface area contributed by atoms with E-state index in [-0.39, 0.29) is 18.2 Å². The molecule has 6 heteroatoms. The molecule has 0 saturated heterocycles. The molecule has 1 N–H and O–H groups in total. The monoisotopic (exact) mass is 345 g/mol. The van der Waals surface area contributed by atoms with E-state index < -0.39 is 0 Å². The topological polar surface area (TPSA) is 62.3 Å². The van der Waals surface area contributed by atoms with Gasteiger partial charge in [-0.2, -0.15) is 0 Å². The maximum absolute atomic E-state index is 12.4. The Hall–Kier alpha value is -2.21. The number of carbonyl (C=O) groups is 2. The number of aromatic nitrogens is 1. The zero-order chi connectivity index (χ0) is 17.5. The van der Waals surface area contributed by atoms with Crippen LogP contribution in [0.25, 0.3) is 0 Å². The molecule has 0 aliphatic carbocycles. The van der Waals surface area contributed by atoms with Gasteiger partial charge in [0.2, 0.25) is 5.91 Å². The molecule has 24 heavy (non-hydrogen) atoms. The highest BCUT2D eigenvalue weighted by atomic mass is 32.1. The molecule has 2 aromatic rings. The van der Waals surface area contributed by atoms with Crippen LogP contribution in [0.5, 0.6) is 0 Å². The average molecular weight is 345 g/mol. The van der Waals surface area contributed by atoms with Gasteiger partial charge in [0.25, 0.3) is 5.91 Å². The van der Waals surface area contributed by atoms with Gasteiger partial charge >= 0.3 is 0 Å². The van der Waals surface area contributed by atoms with E-state index in [0.29, 0.717) is 24.3 Å². The summed E-state index contributed by atoms with van der Waals surface area (Å²) < 4.78 is 0. The van der Waals surface area contributed by atoms with Crippen molar-refractivity contribution in [1.82, 2.24) is 9.88 Å². The van der Waals surface area contributed by atoms with Crippen LogP contribution in [0.15, 0.2) is 29.6 Å². The first-order chi connectivity index (χ1) is 11.6. The fourth-order valence-corrected chi connectivity index (χ4v) is 3.13. The van der Waals surface area contributed by atoms with Crippen molar-refractivity contribution in [2.45, 2.75) is 33.6 Å². The summed E-state index contributed by atoms with van der Waals surface area (Å²) in [5.74, 6) is -0.154. The van der Waals surface area contributed by atoms with Crippen molar-refractivity contribution in [3.05, 3.63) is 45.9 Å². The van der Waals surface area contributed by atoms with Gasteiger partial charge in [-0.1, -0.05) is 13.0 Å². The molecular weight excluding hydrogens is 322 g/mol. The van der Waals surface area contributed by atoms with E-state index in [4.69, 9.17) is 0 Å². The average Bonchev–Trinajstić information content (AvgIpc) is 3.03. The van der Waals surface area contributed by atoms with E-state index in [1.165, 1.54) is 0 Å². The Morgan fingerprint density at radius 2 is 1.96 bits per heavy atom. The molecule has 128 valence electrons. The van der Waals surface area contributed by atoms with E-state index in [1.54, 1.807) is 40.5 Å². The van der Waals surface area contributed by atoms with E-state index in [1.807, 2.05) is 26.2 Å². The van der Waals surface area contributed by atoms with Gasteiger partial charge in [-0.25, -0.2) is 4.98 Å². The van der Waals surface area contributed by atoms with Crippen LogP contribution < -0.4 is 5.32 Å². The predicted octanol–water partition coefficient (Wildman–Crippen LogP) is 3.37. The summed E-state index contributed by atoms with van der Waals surface area (Å²) in [6.45, 7) is 7.27. The summed E-state index contributed by atoms with van der Waals surface area (Å²) in [5, 5.41) is 5.79. The Bertz CT molecular complexity index is 708. The number of hydrogen-bond acceptors (Lipinski definition) is 4. The molecule has 0 atom stereocenters. The molecular formula is C18H23N3O2S. The van der Waals surface area contributed by atoms with Crippen LogP contribution in [-0.4, -0.2) is 34.8 Å². The van der Waals surface area contributed by atoms with Crippen LogP contribution in [0.2, 0.25) is 0 Å². The molecule has 1 aromatic carbocycles. The summed E-state index contributed by atoms with van der Waals surface area (Å²) in [6.07, 6.45) is 1.12. The number of nitrogens with zero attached hydrogens (tertiary/aromatic N) is 2. The van der Waals surface area contributed by atoms with Crippen molar-refractivity contribution in [3.63, 3.8) is 0 Å². The number of benzene rings is 1. The molecule has 0 unspecified atom stereocenters. The Morgan fingerprint density at radius 1 is 1.21 bits per heavy atom. The molecule has 0 aliphatic rings. The van der Waals surface area contributed by atoms with Crippen LogP contribution in [0, 0.1) is 0 Å². The van der Waals surface area contributed by atoms with Gasteiger partial charge in [0.1, 0.15) is 0 Å². The quantitative estimate of drug-likeness (QED) is 0.837. The van der Waals surface area contributed by atoms with Crippen LogP contribution in [-0.2, 0) is 17.6 Å². The van der Waals surface area contributed by atoms with Gasteiger partial charge < -0.3 is 10.2 Å². The van der Waals surface area contributed by atoms with Gasteiger partial charge in [-0.3, -0.25) is 9.59 Å². The van der Waals surface area contributed by atoms with Crippen molar-refractivity contribution < 1.29 is 9.59 Å². The Morgan fingerprint density at radius 3 is 2.58 bits per heavy atom. The molecule has 2 amide bonds. The Labute approximate surface area is 146 Å². The maximum atomic E-state index is 12.4. The molecule has 0 fully saturated rings. The molecule has 0 aliphatic heterocycles. The van der Waals surface area contributed by atoms with E-state index >= 15 is 0 Å². The lowest BCUT2D eigenvalue weighted by atomic mass is 10.1. The number of rotatable bonds is 7. The van der Waals surface area contributed by atoms with Gasteiger partial charge in [0.15, 0.2) is 0 Å². The minimum absolute atomic E-state index is 0.0248. The second-order valence-electron chi connectivity index (χ2n) is 5.37. The molecule has 1 heterocycles. The highest BCUT2D eigenvalue weighted by molar-refractivity contribution is 7.09. The van der Waals surface area contributed by atoms with Crippen molar-refractivity contribution in [2.24, 2.45) is 0 Å². The van der Waals surface area contributed by atoms with E-state index in [2.05, 4.69) is 10.3 Å². The van der Waals surface area contributed by atoms with Gasteiger partial charge in [0.05, 0.1) is 17.1 Å². The van der Waals surface area contributed by atoms with Gasteiger partial charge in [-0.15, -0.1) is 11.3 Å². The van der Waals surface area contributed by atoms with Crippen LogP contribution in [0.3, 0.4) is 0 Å². The maximum Gasteiger partial charge on any atom is 0.253 e. The first-order valence-electron chi connectivity index (χ1n) is 8.19. The zero-order valence-electron chi connectivity index (χ0n) is 14.3. The summed E-state index contributed by atoms with van der Waals surface area (Å²) in [7, 11) is 0. The van der Waals surface area contributed by atoms with Crippen LogP contribution in [0.4, 0.5) is 5.69 Å². The fourth-order valence-electron chi connectivity index (χ4n) is 2.39. The summed E-state index contributed by atoms with van der Waals surface area (Å²) in [6, 6.07) is 7.06. The van der Waals surface area contributed by atoms with Crippen molar-refractivity contribution in [3.8, 4) is 0 Å². The number of carbonyl (C=O) groups excluding carboxylic acids is 2. The smallest absolute Gasteiger partial charge is 0.253 e. The Balaban J connectivity index is 2.03. The largest absolute Gasteiger partial charge is 0.339 e. The number of nitrogens with one attached hydrogen (secondary N) is 1. The molecule has 0 spiro atoms. The number of thiazole rings is 1. The highest BCUT2D eigenvalue weighted by Gasteiger charge is 2.13. The third kappa shape index (κ3) is 4.64. The van der Waals surface area contributed by atoms with Crippen molar-refractivity contribution >= 4 is 28.8 Å². The number of amides is 2. The van der Waals surface area contributed by atoms with Gasteiger partial charge in [0, 0.05) is 29.7 Å². The highest BCUT2D eigenvalue weighted by Crippen LogP contribution is 2.15.